The van der Waals surface area contributed by atoms with Crippen LogP contribution in [0.2, 0.25) is 0 Å². The van der Waals surface area contributed by atoms with Crippen LogP contribution in [0, 0.1) is 0 Å². The molecule has 1 aliphatic heterocycles. The number of pyridine rings is 1. The number of benzene rings is 1. The summed E-state index contributed by atoms with van der Waals surface area (Å²) >= 11 is 1.59. The Bertz CT molecular complexity index is 1210. The fourth-order valence-corrected chi connectivity index (χ4v) is 6.15. The number of piperidine rings is 1. The van der Waals surface area contributed by atoms with Gasteiger partial charge in [0.1, 0.15) is 7.11 Å². The van der Waals surface area contributed by atoms with Crippen molar-refractivity contribution in [1.29, 1.82) is 0 Å². The second kappa shape index (κ2) is 9.68. The number of aromatic nitrogens is 1. The fourth-order valence-electron chi connectivity index (χ4n) is 4.99. The molecule has 1 amide bonds. The van der Waals surface area contributed by atoms with Crippen LogP contribution in [0.25, 0.3) is 21.6 Å². The van der Waals surface area contributed by atoms with Crippen LogP contribution in [0.15, 0.2) is 53.9 Å². The molecule has 0 bridgehead atoms. The molecule has 3 aromatic rings. The van der Waals surface area contributed by atoms with Gasteiger partial charge in [-0.25, -0.2) is 0 Å². The topological polar surface area (TPSA) is 58.0 Å². The van der Waals surface area contributed by atoms with Crippen molar-refractivity contribution in [3.8, 4) is 21.6 Å². The molecule has 7 heteroatoms. The lowest BCUT2D eigenvalue weighted by Gasteiger charge is -2.34. The largest absolute Gasteiger partial charge is 0.399 e. The third-order valence-corrected chi connectivity index (χ3v) is 8.17. The van der Waals surface area contributed by atoms with Crippen LogP contribution in [0.4, 0.5) is 0 Å². The van der Waals surface area contributed by atoms with E-state index in [0.717, 1.165) is 76.5 Å². The van der Waals surface area contributed by atoms with Crippen molar-refractivity contribution >= 4 is 23.0 Å². The van der Waals surface area contributed by atoms with Gasteiger partial charge in [0.2, 0.25) is 0 Å². The molecule has 0 atom stereocenters. The van der Waals surface area contributed by atoms with Crippen LogP contribution in [-0.2, 0) is 11.3 Å². The van der Waals surface area contributed by atoms with Gasteiger partial charge in [-0.2, -0.15) is 0 Å². The van der Waals surface area contributed by atoms with Crippen molar-refractivity contribution in [2.45, 2.75) is 31.7 Å². The molecule has 176 valence electrons. The van der Waals surface area contributed by atoms with Gasteiger partial charge in [0.15, 0.2) is 0 Å². The number of thiophene rings is 1. The monoisotopic (exact) mass is 474 g/mol. The molecule has 1 aromatic carbocycles. The minimum Gasteiger partial charge on any atom is -0.399 e. The van der Waals surface area contributed by atoms with Crippen molar-refractivity contribution in [3.05, 3.63) is 64.8 Å². The number of hydrogen-bond acceptors (Lipinski definition) is 6. The van der Waals surface area contributed by atoms with Crippen LogP contribution in [0.1, 0.15) is 40.1 Å². The van der Waals surface area contributed by atoms with Crippen LogP contribution < -0.4 is 0 Å². The molecule has 0 spiro atoms. The van der Waals surface area contributed by atoms with E-state index in [2.05, 4.69) is 46.4 Å². The summed E-state index contributed by atoms with van der Waals surface area (Å²) < 4.78 is 0. The van der Waals surface area contributed by atoms with Crippen LogP contribution in [-0.4, -0.2) is 66.7 Å². The lowest BCUT2D eigenvalue weighted by molar-refractivity contribution is 0.0664. The summed E-state index contributed by atoms with van der Waals surface area (Å²) in [4.78, 5) is 28.9. The molecule has 0 unspecified atom stereocenters. The average molecular weight is 475 g/mol. The molecule has 5 rings (SSSR count). The number of fused-ring (bicyclic) bond motifs is 1. The van der Waals surface area contributed by atoms with Crippen molar-refractivity contribution < 1.29 is 9.63 Å². The Kier molecular flexibility index (Phi) is 6.48. The zero-order chi connectivity index (χ0) is 23.7. The molecule has 1 saturated heterocycles. The highest BCUT2D eigenvalue weighted by atomic mass is 32.1. The summed E-state index contributed by atoms with van der Waals surface area (Å²) in [6, 6.07) is 12.9. The second-order valence-electron chi connectivity index (χ2n) is 9.13. The number of carbonyl (C=O) groups is 1. The van der Waals surface area contributed by atoms with E-state index < -0.39 is 0 Å². The maximum Gasteiger partial charge on any atom is 0.263 e. The predicted molar refractivity (Wildman–Crippen MR) is 137 cm³/mol. The first-order valence-corrected chi connectivity index (χ1v) is 12.6. The van der Waals surface area contributed by atoms with Crippen molar-refractivity contribution in [2.75, 3.05) is 34.3 Å². The summed E-state index contributed by atoms with van der Waals surface area (Å²) in [5.41, 5.74) is 6.72. The SMILES string of the molecule is CON=C1CCc2cc(-c3sc(C(=O)N(C)C4CCN(C)CC4)cc3-c3ccncc3)ccc21. The van der Waals surface area contributed by atoms with E-state index in [9.17, 15) is 4.79 Å². The van der Waals surface area contributed by atoms with Crippen LogP contribution in [0.5, 0.6) is 0 Å². The van der Waals surface area contributed by atoms with Gasteiger partial charge in [-0.15, -0.1) is 11.3 Å². The van der Waals surface area contributed by atoms with E-state index in [1.54, 1.807) is 30.8 Å². The normalized spacial score (nSPS) is 17.7. The number of carbonyl (C=O) groups excluding carboxylic acids is 1. The first-order valence-electron chi connectivity index (χ1n) is 11.8. The maximum atomic E-state index is 13.5. The van der Waals surface area contributed by atoms with E-state index in [4.69, 9.17) is 4.84 Å². The molecule has 0 N–H and O–H groups in total. The number of oxime groups is 1. The van der Waals surface area contributed by atoms with Gasteiger partial charge in [-0.3, -0.25) is 9.78 Å². The fraction of sp³-hybridized carbons (Fsp3) is 0.370. The Morgan fingerprint density at radius 3 is 2.59 bits per heavy atom. The van der Waals surface area contributed by atoms with E-state index in [1.807, 2.05) is 24.1 Å². The zero-order valence-corrected chi connectivity index (χ0v) is 20.8. The Morgan fingerprint density at radius 1 is 1.09 bits per heavy atom. The Balaban J connectivity index is 1.51. The van der Waals surface area contributed by atoms with E-state index in [0.29, 0.717) is 0 Å². The van der Waals surface area contributed by atoms with Gasteiger partial charge < -0.3 is 14.6 Å². The third kappa shape index (κ3) is 4.38. The second-order valence-corrected chi connectivity index (χ2v) is 10.2. The molecule has 34 heavy (non-hydrogen) atoms. The predicted octanol–water partition coefficient (Wildman–Crippen LogP) is 4.94. The first-order chi connectivity index (χ1) is 16.5. The van der Waals surface area contributed by atoms with Crippen molar-refractivity contribution in [1.82, 2.24) is 14.8 Å². The zero-order valence-electron chi connectivity index (χ0n) is 20.0. The minimum absolute atomic E-state index is 0.108. The highest BCUT2D eigenvalue weighted by Crippen LogP contribution is 2.41. The van der Waals surface area contributed by atoms with Gasteiger partial charge in [0.25, 0.3) is 5.91 Å². The Hall–Kier alpha value is -3.03. The Labute approximate surface area is 204 Å². The van der Waals surface area contributed by atoms with Crippen molar-refractivity contribution in [2.24, 2.45) is 5.16 Å². The standard InChI is InChI=1S/C27H30N4O2S/c1-30-14-10-21(11-15-30)31(2)27(32)25-17-23(18-8-12-28-13-9-18)26(34-25)20-4-6-22-19(16-20)5-7-24(22)29-33-3/h4,6,8-9,12-13,16-17,21H,5,7,10-11,14-15H2,1-3H3. The summed E-state index contributed by atoms with van der Waals surface area (Å²) in [6.45, 7) is 2.06. The summed E-state index contributed by atoms with van der Waals surface area (Å²) in [5, 5.41) is 4.19. The third-order valence-electron chi connectivity index (χ3n) is 7.00. The quantitative estimate of drug-likeness (QED) is 0.492. The lowest BCUT2D eigenvalue weighted by Crippen LogP contribution is -2.44. The number of likely N-dealkylation sites (tertiary alicyclic amines) is 1. The highest BCUT2D eigenvalue weighted by molar-refractivity contribution is 7.18. The minimum atomic E-state index is 0.108. The lowest BCUT2D eigenvalue weighted by atomic mass is 10.00. The number of hydrogen-bond donors (Lipinski definition) is 0. The van der Waals surface area contributed by atoms with Crippen molar-refractivity contribution in [3.63, 3.8) is 0 Å². The summed E-state index contributed by atoms with van der Waals surface area (Å²) in [7, 11) is 5.69. The summed E-state index contributed by atoms with van der Waals surface area (Å²) in [5.74, 6) is 0.108. The maximum absolute atomic E-state index is 13.5. The Morgan fingerprint density at radius 2 is 1.85 bits per heavy atom. The molecule has 3 heterocycles. The molecule has 2 aliphatic rings. The average Bonchev–Trinajstić information content (AvgIpc) is 3.49. The van der Waals surface area contributed by atoms with Gasteiger partial charge >= 0.3 is 0 Å². The highest BCUT2D eigenvalue weighted by Gasteiger charge is 2.27. The number of nitrogens with zero attached hydrogens (tertiary/aromatic N) is 4. The molecule has 1 fully saturated rings. The van der Waals surface area contributed by atoms with Gasteiger partial charge in [-0.05, 0) is 86.8 Å². The van der Waals surface area contributed by atoms with Gasteiger partial charge in [-0.1, -0.05) is 17.3 Å². The molecule has 0 saturated carbocycles. The number of aryl methyl sites for hydroxylation is 1. The molecular weight excluding hydrogens is 444 g/mol. The number of rotatable bonds is 5. The summed E-state index contributed by atoms with van der Waals surface area (Å²) in [6.07, 6.45) is 7.48. The number of amides is 1. The molecule has 6 nitrogen and oxygen atoms in total. The van der Waals surface area contributed by atoms with E-state index in [-0.39, 0.29) is 11.9 Å². The van der Waals surface area contributed by atoms with Gasteiger partial charge in [0.05, 0.1) is 10.6 Å². The molecule has 1 aliphatic carbocycles. The smallest absolute Gasteiger partial charge is 0.263 e. The van der Waals surface area contributed by atoms with Crippen LogP contribution in [0.3, 0.4) is 0 Å². The first kappa shape index (κ1) is 22.7. The van der Waals surface area contributed by atoms with E-state index >= 15 is 0 Å². The van der Waals surface area contributed by atoms with Crippen LogP contribution >= 0.6 is 11.3 Å². The van der Waals surface area contributed by atoms with E-state index in [1.165, 1.54) is 5.56 Å². The van der Waals surface area contributed by atoms with Gasteiger partial charge in [0, 0.05) is 41.5 Å². The molecule has 0 radical (unpaired) electrons. The molecule has 2 aromatic heterocycles. The molecular formula is C27H30N4O2S.